The maximum Gasteiger partial charge on any atom is 0.236 e. The third-order valence-electron chi connectivity index (χ3n) is 3.69. The fourth-order valence-electron chi connectivity index (χ4n) is 2.38. The minimum atomic E-state index is -0.608. The van der Waals surface area contributed by atoms with Crippen LogP contribution in [-0.2, 0) is 9.59 Å². The molecule has 28 heavy (non-hydrogen) atoms. The van der Waals surface area contributed by atoms with Crippen LogP contribution < -0.4 is 15.8 Å². The van der Waals surface area contributed by atoms with E-state index in [4.69, 9.17) is 10.5 Å². The van der Waals surface area contributed by atoms with Crippen LogP contribution in [0.3, 0.4) is 0 Å². The quantitative estimate of drug-likeness (QED) is 0.383. The Hall–Kier alpha value is -3.35. The molecule has 0 aliphatic carbocycles. The predicted octanol–water partition coefficient (Wildman–Crippen LogP) is 2.41. The lowest BCUT2D eigenvalue weighted by atomic mass is 10.0. The number of ketones is 1. The molecule has 8 heteroatoms. The van der Waals surface area contributed by atoms with Crippen LogP contribution in [-0.4, -0.2) is 35.4 Å². The summed E-state index contributed by atoms with van der Waals surface area (Å²) in [5.74, 6) is -0.552. The zero-order valence-electron chi connectivity index (χ0n) is 15.2. The third-order valence-corrected chi connectivity index (χ3v) is 3.78. The lowest BCUT2D eigenvalue weighted by Gasteiger charge is -2.14. The molecular weight excluding hydrogens is 378 g/mol. The van der Waals surface area contributed by atoms with Gasteiger partial charge in [0.1, 0.15) is 11.9 Å². The second kappa shape index (κ2) is 10.1. The van der Waals surface area contributed by atoms with Gasteiger partial charge in [-0.1, -0.05) is 0 Å². The second-order valence-electron chi connectivity index (χ2n) is 5.98. The van der Waals surface area contributed by atoms with Crippen molar-refractivity contribution in [1.82, 2.24) is 5.32 Å². The summed E-state index contributed by atoms with van der Waals surface area (Å²) in [6.45, 7) is 1.52. The summed E-state index contributed by atoms with van der Waals surface area (Å²) in [6, 6.07) is 13.4. The van der Waals surface area contributed by atoms with Crippen molar-refractivity contribution in [1.29, 1.82) is 0 Å². The van der Waals surface area contributed by atoms with E-state index in [1.807, 2.05) is 0 Å². The predicted molar refractivity (Wildman–Crippen MR) is 108 cm³/mol. The average molecular weight is 397 g/mol. The van der Waals surface area contributed by atoms with E-state index in [0.29, 0.717) is 22.6 Å². The molecule has 7 nitrogen and oxygen atoms in total. The molecule has 0 aliphatic rings. The van der Waals surface area contributed by atoms with Gasteiger partial charge < -0.3 is 15.8 Å². The highest BCUT2D eigenvalue weighted by Crippen LogP contribution is 2.19. The average Bonchev–Trinajstić information content (AvgIpc) is 2.67. The Morgan fingerprint density at radius 1 is 1.11 bits per heavy atom. The van der Waals surface area contributed by atoms with Gasteiger partial charge in [-0.15, -0.1) is 0 Å². The number of aliphatic imine (C=N–C) groups is 1. The van der Waals surface area contributed by atoms with Gasteiger partial charge in [0, 0.05) is 11.1 Å². The van der Waals surface area contributed by atoms with Gasteiger partial charge in [0.15, 0.2) is 5.78 Å². The van der Waals surface area contributed by atoms with Gasteiger partial charge in [0.2, 0.25) is 11.8 Å². The lowest BCUT2D eigenvalue weighted by molar-refractivity contribution is -0.125. The largest absolute Gasteiger partial charge is 0.490 e. The minimum Gasteiger partial charge on any atom is -0.490 e. The number of nitrogens with one attached hydrogen (secondary N) is 1. The number of thiocarbonyl (C=S) groups is 1. The minimum absolute atomic E-state index is 0.0739. The topological polar surface area (TPSA) is 111 Å². The summed E-state index contributed by atoms with van der Waals surface area (Å²) in [5.41, 5.74) is 6.63. The summed E-state index contributed by atoms with van der Waals surface area (Å²) < 4.78 is 5.66. The first-order valence-corrected chi connectivity index (χ1v) is 8.84. The van der Waals surface area contributed by atoms with Gasteiger partial charge in [-0.3, -0.25) is 14.4 Å². The fourth-order valence-corrected chi connectivity index (χ4v) is 2.49. The van der Waals surface area contributed by atoms with Crippen molar-refractivity contribution < 1.29 is 19.1 Å². The maximum atomic E-state index is 12.5. The molecule has 0 saturated heterocycles. The molecule has 2 rings (SSSR count). The van der Waals surface area contributed by atoms with E-state index in [1.54, 1.807) is 55.5 Å². The number of ether oxygens (including phenoxy) is 1. The molecule has 0 aliphatic heterocycles. The van der Waals surface area contributed by atoms with E-state index in [2.05, 4.69) is 27.7 Å². The summed E-state index contributed by atoms with van der Waals surface area (Å²) in [7, 11) is 0. The Morgan fingerprint density at radius 3 is 2.21 bits per heavy atom. The number of rotatable bonds is 9. The molecule has 2 aromatic carbocycles. The standard InChI is InChI=1S/C20H19N3O4S/c1-13(10-19(25)22-11-18(21)24)27-17-8-4-15(5-9-17)20(26)14-2-6-16(7-3-14)23-12-28/h2-9,13H,10-11H2,1H3,(H2,21,24)(H,22,25). The van der Waals surface area contributed by atoms with Crippen molar-refractivity contribution in [2.45, 2.75) is 19.4 Å². The number of amides is 2. The van der Waals surface area contributed by atoms with Crippen molar-refractivity contribution in [3.63, 3.8) is 0 Å². The first-order chi connectivity index (χ1) is 13.4. The highest BCUT2D eigenvalue weighted by Gasteiger charge is 2.13. The van der Waals surface area contributed by atoms with Gasteiger partial charge >= 0.3 is 0 Å². The van der Waals surface area contributed by atoms with E-state index in [9.17, 15) is 14.4 Å². The number of benzene rings is 2. The first kappa shape index (κ1) is 21.0. The van der Waals surface area contributed by atoms with Gasteiger partial charge in [0.05, 0.1) is 23.8 Å². The number of nitrogens with zero attached hydrogens (tertiary/aromatic N) is 1. The molecular formula is C20H19N3O4S. The zero-order valence-corrected chi connectivity index (χ0v) is 16.0. The Balaban J connectivity index is 1.95. The van der Waals surface area contributed by atoms with Crippen molar-refractivity contribution in [2.75, 3.05) is 6.54 Å². The molecule has 0 spiro atoms. The Labute approximate surface area is 167 Å². The Kier molecular flexibility index (Phi) is 7.56. The molecule has 1 atom stereocenters. The lowest BCUT2D eigenvalue weighted by Crippen LogP contribution is -2.35. The van der Waals surface area contributed by atoms with E-state index < -0.39 is 12.0 Å². The van der Waals surface area contributed by atoms with Crippen LogP contribution in [0.1, 0.15) is 29.3 Å². The summed E-state index contributed by atoms with van der Waals surface area (Å²) in [5, 5.41) is 4.67. The van der Waals surface area contributed by atoms with Crippen LogP contribution in [0.2, 0.25) is 0 Å². The molecule has 0 saturated carbocycles. The summed E-state index contributed by atoms with van der Waals surface area (Å²) in [4.78, 5) is 38.7. The van der Waals surface area contributed by atoms with Gasteiger partial charge in [0.25, 0.3) is 0 Å². The van der Waals surface area contributed by atoms with Crippen molar-refractivity contribution in [3.8, 4) is 5.75 Å². The number of carbonyl (C=O) groups is 3. The molecule has 0 heterocycles. The van der Waals surface area contributed by atoms with E-state index >= 15 is 0 Å². The second-order valence-corrected chi connectivity index (χ2v) is 6.16. The van der Waals surface area contributed by atoms with Crippen molar-refractivity contribution in [3.05, 3.63) is 59.7 Å². The molecule has 2 aromatic rings. The molecule has 0 bridgehead atoms. The number of hydrogen-bond acceptors (Lipinski definition) is 6. The molecule has 1 unspecified atom stereocenters. The van der Waals surface area contributed by atoms with Gasteiger partial charge in [-0.25, -0.2) is 0 Å². The van der Waals surface area contributed by atoms with Crippen molar-refractivity contribution >= 4 is 40.7 Å². The first-order valence-electron chi connectivity index (χ1n) is 8.43. The van der Waals surface area contributed by atoms with Crippen LogP contribution in [0.15, 0.2) is 53.5 Å². The van der Waals surface area contributed by atoms with Crippen LogP contribution in [0.4, 0.5) is 5.69 Å². The monoisotopic (exact) mass is 397 g/mol. The number of nitrogens with two attached hydrogens (primary N) is 1. The Bertz CT molecular complexity index is 904. The molecule has 3 N–H and O–H groups in total. The molecule has 0 aromatic heterocycles. The Morgan fingerprint density at radius 2 is 1.68 bits per heavy atom. The van der Waals surface area contributed by atoms with Crippen LogP contribution in [0.25, 0.3) is 0 Å². The van der Waals surface area contributed by atoms with Gasteiger partial charge in [-0.2, -0.15) is 4.99 Å². The van der Waals surface area contributed by atoms with E-state index in [-0.39, 0.29) is 24.7 Å². The van der Waals surface area contributed by atoms with Gasteiger partial charge in [-0.05, 0) is 67.7 Å². The molecule has 0 fully saturated rings. The number of hydrogen-bond donors (Lipinski definition) is 2. The molecule has 2 amide bonds. The third kappa shape index (κ3) is 6.42. The summed E-state index contributed by atoms with van der Waals surface area (Å²) >= 11 is 4.55. The number of isothiocyanates is 1. The van der Waals surface area contributed by atoms with Crippen molar-refractivity contribution in [2.24, 2.45) is 10.7 Å². The van der Waals surface area contributed by atoms with Crippen LogP contribution in [0.5, 0.6) is 5.75 Å². The SMILES string of the molecule is CC(CC(=O)NCC(N)=O)Oc1ccc(C(=O)c2ccc(N=C=S)cc2)cc1. The number of primary amides is 1. The van der Waals surface area contributed by atoms with E-state index in [1.165, 1.54) is 0 Å². The normalized spacial score (nSPS) is 11.0. The number of carbonyl (C=O) groups excluding carboxylic acids is 3. The van der Waals surface area contributed by atoms with E-state index in [0.717, 1.165) is 0 Å². The summed E-state index contributed by atoms with van der Waals surface area (Å²) in [6.07, 6.45) is -0.339. The molecule has 144 valence electrons. The molecule has 0 radical (unpaired) electrons. The smallest absolute Gasteiger partial charge is 0.236 e. The fraction of sp³-hybridized carbons (Fsp3) is 0.200. The highest BCUT2D eigenvalue weighted by molar-refractivity contribution is 7.78. The van der Waals surface area contributed by atoms with Crippen LogP contribution in [0, 0.1) is 0 Å². The maximum absolute atomic E-state index is 12.5. The van der Waals surface area contributed by atoms with Crippen LogP contribution >= 0.6 is 12.2 Å². The highest BCUT2D eigenvalue weighted by atomic mass is 32.1. The zero-order chi connectivity index (χ0) is 20.5.